The highest BCUT2D eigenvalue weighted by molar-refractivity contribution is 7.88. The highest BCUT2D eigenvalue weighted by Gasteiger charge is 2.19. The molecule has 10 heavy (non-hydrogen) atoms. The first kappa shape index (κ1) is 10.2. The minimum Gasteiger partial charge on any atom is -0.213 e. The molecule has 1 heterocycles. The molecule has 3 nitrogen and oxygen atoms in total. The minimum absolute atomic E-state index is 0. The first-order valence-corrected chi connectivity index (χ1v) is 4.90. The third kappa shape index (κ3) is 2.44. The Bertz CT molecular complexity index is 184. The second kappa shape index (κ2) is 3.55. The van der Waals surface area contributed by atoms with Gasteiger partial charge in [-0.15, -0.1) is 12.4 Å². The Kier molecular flexibility index (Phi) is 3.62. The van der Waals surface area contributed by atoms with Gasteiger partial charge in [-0.3, -0.25) is 0 Å². The van der Waals surface area contributed by atoms with E-state index < -0.39 is 10.0 Å². The highest BCUT2D eigenvalue weighted by atomic mass is 35.5. The van der Waals surface area contributed by atoms with E-state index >= 15 is 0 Å². The quantitative estimate of drug-likeness (QED) is 0.596. The summed E-state index contributed by atoms with van der Waals surface area (Å²) < 4.78 is 23.0. The van der Waals surface area contributed by atoms with Crippen LogP contribution in [-0.2, 0) is 10.0 Å². The van der Waals surface area contributed by atoms with E-state index in [1.165, 1.54) is 10.6 Å². The van der Waals surface area contributed by atoms with Crippen molar-refractivity contribution in [1.29, 1.82) is 0 Å². The predicted molar refractivity (Wildman–Crippen MR) is 42.9 cm³/mol. The summed E-state index contributed by atoms with van der Waals surface area (Å²) in [5.74, 6) is 0. The Labute approximate surface area is 67.9 Å². The van der Waals surface area contributed by atoms with E-state index in [1.807, 2.05) is 0 Å². The standard InChI is InChI=1S/C5H11NO2S.ClH/c1-9(7,8)6-4-2-3-5-6;/h2-5H2,1H3;1H. The smallest absolute Gasteiger partial charge is 0.211 e. The maximum absolute atomic E-state index is 10.8. The van der Waals surface area contributed by atoms with Crippen LogP contribution in [0.3, 0.4) is 0 Å². The van der Waals surface area contributed by atoms with Gasteiger partial charge in [-0.1, -0.05) is 0 Å². The third-order valence-electron chi connectivity index (χ3n) is 1.53. The van der Waals surface area contributed by atoms with Gasteiger partial charge in [-0.2, -0.15) is 0 Å². The van der Waals surface area contributed by atoms with Crippen LogP contribution in [0.25, 0.3) is 0 Å². The number of nitrogens with zero attached hydrogens (tertiary/aromatic N) is 1. The molecule has 0 aromatic rings. The van der Waals surface area contributed by atoms with Crippen LogP contribution in [0.1, 0.15) is 12.8 Å². The minimum atomic E-state index is -2.87. The lowest BCUT2D eigenvalue weighted by Crippen LogP contribution is -2.26. The molecule has 5 heteroatoms. The van der Waals surface area contributed by atoms with Gasteiger partial charge < -0.3 is 0 Å². The Hall–Kier alpha value is 0.200. The molecule has 0 radical (unpaired) electrons. The van der Waals surface area contributed by atoms with Crippen molar-refractivity contribution in [2.75, 3.05) is 19.3 Å². The molecule has 0 unspecified atom stereocenters. The Balaban J connectivity index is 0.000000810. The Morgan fingerprint density at radius 1 is 1.20 bits per heavy atom. The summed E-state index contributed by atoms with van der Waals surface area (Å²) >= 11 is 0. The van der Waals surface area contributed by atoms with Gasteiger partial charge in [0.15, 0.2) is 0 Å². The zero-order valence-corrected chi connectivity index (χ0v) is 7.54. The second-order valence-electron chi connectivity index (χ2n) is 2.37. The summed E-state index contributed by atoms with van der Waals surface area (Å²) in [5, 5.41) is 0. The molecule has 1 rings (SSSR count). The fourth-order valence-corrected chi connectivity index (χ4v) is 1.94. The van der Waals surface area contributed by atoms with Crippen molar-refractivity contribution in [2.24, 2.45) is 0 Å². The van der Waals surface area contributed by atoms with E-state index in [2.05, 4.69) is 0 Å². The first-order chi connectivity index (χ1) is 4.11. The first-order valence-electron chi connectivity index (χ1n) is 3.06. The van der Waals surface area contributed by atoms with Crippen LogP contribution >= 0.6 is 12.4 Å². The fraction of sp³-hybridized carbons (Fsp3) is 1.00. The second-order valence-corrected chi connectivity index (χ2v) is 4.35. The molecule has 1 fully saturated rings. The van der Waals surface area contributed by atoms with Crippen LogP contribution in [0.2, 0.25) is 0 Å². The van der Waals surface area contributed by atoms with E-state index in [9.17, 15) is 8.42 Å². The number of halogens is 1. The average molecular weight is 186 g/mol. The van der Waals surface area contributed by atoms with Gasteiger partial charge in [-0.05, 0) is 12.8 Å². The summed E-state index contributed by atoms with van der Waals surface area (Å²) in [5.41, 5.74) is 0. The van der Waals surface area contributed by atoms with Crippen molar-refractivity contribution in [3.05, 3.63) is 0 Å². The summed E-state index contributed by atoms with van der Waals surface area (Å²) in [6, 6.07) is 0. The van der Waals surface area contributed by atoms with E-state index in [1.54, 1.807) is 0 Å². The SMILES string of the molecule is CS(=O)(=O)N1CCCC1.Cl. The van der Waals surface area contributed by atoms with Crippen molar-refractivity contribution < 1.29 is 8.42 Å². The molecule has 0 spiro atoms. The Morgan fingerprint density at radius 3 is 1.80 bits per heavy atom. The lowest BCUT2D eigenvalue weighted by molar-refractivity contribution is 0.483. The summed E-state index contributed by atoms with van der Waals surface area (Å²) in [6.07, 6.45) is 3.30. The van der Waals surface area contributed by atoms with Crippen molar-refractivity contribution in [1.82, 2.24) is 4.31 Å². The van der Waals surface area contributed by atoms with Crippen molar-refractivity contribution in [2.45, 2.75) is 12.8 Å². The van der Waals surface area contributed by atoms with Crippen molar-refractivity contribution in [3.63, 3.8) is 0 Å². The van der Waals surface area contributed by atoms with Crippen LogP contribution in [0.5, 0.6) is 0 Å². The molecule has 1 aliphatic heterocycles. The van der Waals surface area contributed by atoms with Crippen LogP contribution in [0.15, 0.2) is 0 Å². The normalized spacial score (nSPS) is 20.5. The fourth-order valence-electron chi connectivity index (χ4n) is 1.02. The van der Waals surface area contributed by atoms with Gasteiger partial charge in [0.05, 0.1) is 6.26 Å². The number of rotatable bonds is 1. The monoisotopic (exact) mass is 185 g/mol. The van der Waals surface area contributed by atoms with Gasteiger partial charge in [0.1, 0.15) is 0 Å². The maximum Gasteiger partial charge on any atom is 0.211 e. The molecule has 1 saturated heterocycles. The summed E-state index contributed by atoms with van der Waals surface area (Å²) in [6.45, 7) is 1.44. The molecular weight excluding hydrogens is 174 g/mol. The maximum atomic E-state index is 10.8. The van der Waals surface area contributed by atoms with Gasteiger partial charge in [0, 0.05) is 13.1 Å². The molecule has 0 saturated carbocycles. The molecule has 0 aliphatic carbocycles. The van der Waals surface area contributed by atoms with Crippen molar-refractivity contribution >= 4 is 22.4 Å². The topological polar surface area (TPSA) is 37.4 Å². The van der Waals surface area contributed by atoms with Crippen LogP contribution in [0, 0.1) is 0 Å². The molecule has 0 aromatic heterocycles. The van der Waals surface area contributed by atoms with Crippen LogP contribution in [0.4, 0.5) is 0 Å². The predicted octanol–water partition coefficient (Wildman–Crippen LogP) is 0.464. The molecule has 0 bridgehead atoms. The molecular formula is C5H12ClNO2S. The van der Waals surface area contributed by atoms with E-state index in [0.29, 0.717) is 0 Å². The van der Waals surface area contributed by atoms with Gasteiger partial charge in [0.2, 0.25) is 10.0 Å². The van der Waals surface area contributed by atoms with Crippen LogP contribution in [-0.4, -0.2) is 32.1 Å². The van der Waals surface area contributed by atoms with Gasteiger partial charge in [-0.25, -0.2) is 12.7 Å². The van der Waals surface area contributed by atoms with Gasteiger partial charge >= 0.3 is 0 Å². The average Bonchev–Trinajstić information content (AvgIpc) is 2.08. The lowest BCUT2D eigenvalue weighted by atomic mass is 10.4. The zero-order chi connectivity index (χ0) is 6.91. The molecule has 0 N–H and O–H groups in total. The van der Waals surface area contributed by atoms with Gasteiger partial charge in [0.25, 0.3) is 0 Å². The van der Waals surface area contributed by atoms with E-state index in [0.717, 1.165) is 25.9 Å². The molecule has 1 aliphatic rings. The molecule has 0 amide bonds. The van der Waals surface area contributed by atoms with E-state index in [4.69, 9.17) is 0 Å². The summed E-state index contributed by atoms with van der Waals surface area (Å²) in [7, 11) is -2.87. The highest BCUT2D eigenvalue weighted by Crippen LogP contribution is 2.10. The molecule has 0 atom stereocenters. The van der Waals surface area contributed by atoms with E-state index in [-0.39, 0.29) is 12.4 Å². The number of hydrogen-bond acceptors (Lipinski definition) is 2. The largest absolute Gasteiger partial charge is 0.213 e. The lowest BCUT2D eigenvalue weighted by Gasteiger charge is -2.09. The number of sulfonamides is 1. The van der Waals surface area contributed by atoms with Crippen LogP contribution < -0.4 is 0 Å². The van der Waals surface area contributed by atoms with Crippen molar-refractivity contribution in [3.8, 4) is 0 Å². The summed E-state index contributed by atoms with van der Waals surface area (Å²) in [4.78, 5) is 0. The molecule has 0 aromatic carbocycles. The molecule has 62 valence electrons. The third-order valence-corrected chi connectivity index (χ3v) is 2.84. The number of hydrogen-bond donors (Lipinski definition) is 0. The zero-order valence-electron chi connectivity index (χ0n) is 5.91. The Morgan fingerprint density at radius 2 is 1.60 bits per heavy atom.